The Morgan fingerprint density at radius 2 is 1.91 bits per heavy atom. The first-order valence-electron chi connectivity index (χ1n) is 16.2. The molecule has 1 aromatic carbocycles. The Morgan fingerprint density at radius 3 is 2.69 bits per heavy atom. The fourth-order valence-corrected chi connectivity index (χ4v) is 8.48. The summed E-state index contributed by atoms with van der Waals surface area (Å²) < 4.78 is 22.9. The van der Waals surface area contributed by atoms with E-state index in [-0.39, 0.29) is 40.0 Å². The van der Waals surface area contributed by atoms with Gasteiger partial charge in [-0.05, 0) is 61.3 Å². The van der Waals surface area contributed by atoms with E-state index in [2.05, 4.69) is 80.0 Å². The van der Waals surface area contributed by atoms with Crippen molar-refractivity contribution >= 4 is 17.7 Å². The first-order chi connectivity index (χ1) is 21.7. The van der Waals surface area contributed by atoms with E-state index in [0.29, 0.717) is 19.8 Å². The molecule has 7 rings (SSSR count). The summed E-state index contributed by atoms with van der Waals surface area (Å²) in [4.78, 5) is 17.0. The van der Waals surface area contributed by atoms with Crippen molar-refractivity contribution in [2.24, 2.45) is 17.3 Å². The second kappa shape index (κ2) is 11.0. The molecule has 2 saturated heterocycles. The summed E-state index contributed by atoms with van der Waals surface area (Å²) >= 11 is 0. The van der Waals surface area contributed by atoms with Crippen LogP contribution in [0, 0.1) is 24.2 Å². The lowest BCUT2D eigenvalue weighted by atomic mass is 9.95. The number of amides is 1. The van der Waals surface area contributed by atoms with Crippen molar-refractivity contribution in [3.05, 3.63) is 106 Å². The Balaban J connectivity index is 1.21. The molecule has 0 aromatic heterocycles. The number of likely N-dealkylation sites (N-methyl/N-ethyl adjacent to an activating group) is 1. The summed E-state index contributed by atoms with van der Waals surface area (Å²) in [7, 11) is 5.79. The zero-order valence-electron chi connectivity index (χ0n) is 27.2. The van der Waals surface area contributed by atoms with E-state index >= 15 is 0 Å². The van der Waals surface area contributed by atoms with Crippen LogP contribution in [0.3, 0.4) is 0 Å². The van der Waals surface area contributed by atoms with Gasteiger partial charge in [0, 0.05) is 55.1 Å². The van der Waals surface area contributed by atoms with Gasteiger partial charge in [0.1, 0.15) is 18.0 Å². The number of allylic oxidation sites excluding steroid dienone is 6. The maximum atomic E-state index is 14.5. The van der Waals surface area contributed by atoms with Crippen LogP contribution in [0.5, 0.6) is 0 Å². The minimum absolute atomic E-state index is 0.0206. The van der Waals surface area contributed by atoms with Gasteiger partial charge in [-0.15, -0.1) is 0 Å². The van der Waals surface area contributed by atoms with Crippen molar-refractivity contribution in [3.8, 4) is 0 Å². The Kier molecular flexibility index (Phi) is 7.34. The molecule has 4 atom stereocenters. The number of quaternary nitrogens is 1. The highest BCUT2D eigenvalue weighted by atomic mass is 16.7. The third kappa shape index (κ3) is 4.70. The number of fused-ring (bicyclic) bond motifs is 7. The van der Waals surface area contributed by atoms with Gasteiger partial charge < -0.3 is 18.9 Å². The van der Waals surface area contributed by atoms with Crippen molar-refractivity contribution in [2.45, 2.75) is 38.6 Å². The van der Waals surface area contributed by atoms with Gasteiger partial charge in [-0.25, -0.2) is 9.28 Å². The highest BCUT2D eigenvalue weighted by Crippen LogP contribution is 2.75. The predicted molar refractivity (Wildman–Crippen MR) is 177 cm³/mol. The van der Waals surface area contributed by atoms with Gasteiger partial charge in [-0.2, -0.15) is 0 Å². The number of hydrogen-bond donors (Lipinski definition) is 0. The Morgan fingerprint density at radius 1 is 1.11 bits per heavy atom. The quantitative estimate of drug-likeness (QED) is 0.235. The summed E-state index contributed by atoms with van der Waals surface area (Å²) in [6.07, 6.45) is 19.9. The van der Waals surface area contributed by atoms with Crippen LogP contribution in [0.2, 0.25) is 0 Å². The molecule has 7 nitrogen and oxygen atoms in total. The molecule has 0 radical (unpaired) electrons. The second-order valence-electron chi connectivity index (χ2n) is 13.7. The molecule has 2 heterocycles. The molecule has 7 heteroatoms. The Labute approximate surface area is 267 Å². The average molecular weight is 610 g/mol. The normalized spacial score (nSPS) is 29.1. The molecular formula is C38H45N2O5+. The molecule has 236 valence electrons. The number of methoxy groups -OCH3 is 1. The molecule has 0 N–H and O–H groups in total. The third-order valence-electron chi connectivity index (χ3n) is 10.8. The van der Waals surface area contributed by atoms with Gasteiger partial charge in [0.25, 0.3) is 0 Å². The van der Waals surface area contributed by atoms with Gasteiger partial charge in [0.2, 0.25) is 6.79 Å². The van der Waals surface area contributed by atoms with E-state index in [1.54, 1.807) is 7.11 Å². The van der Waals surface area contributed by atoms with Crippen LogP contribution in [-0.2, 0) is 30.2 Å². The molecule has 2 spiro atoms. The standard InChI is InChI=1S/C38H45N2O5/c1-7-26-18-25(3)19-27(8-2)36(26)40(4,5)35(41)21-39-23-37(29-14-15-33-34(20-32(29)37)45-24-44-33)22-38(39)30-12-10-28(11-13-31(30)38)43-17-9-16-42-6/h7,10-15,18-20,30,32H,1,8-9,16-17,21-24H2,2-6H3/q+1/t30?,32?,37-,38+/m1/s1. The number of likely N-dealkylation sites (tertiary alicyclic amines) is 1. The maximum Gasteiger partial charge on any atom is 0.332 e. The summed E-state index contributed by atoms with van der Waals surface area (Å²) in [5.74, 6) is 3.23. The van der Waals surface area contributed by atoms with Gasteiger partial charge in [0.05, 0.1) is 26.2 Å². The molecule has 2 aliphatic heterocycles. The monoisotopic (exact) mass is 609 g/mol. The summed E-state index contributed by atoms with van der Waals surface area (Å²) in [6, 6.07) is 4.36. The van der Waals surface area contributed by atoms with E-state index in [0.717, 1.165) is 54.3 Å². The van der Waals surface area contributed by atoms with Crippen LogP contribution in [0.15, 0.2) is 89.7 Å². The maximum absolute atomic E-state index is 14.5. The van der Waals surface area contributed by atoms with E-state index in [1.165, 1.54) is 22.3 Å². The molecule has 2 unspecified atom stereocenters. The molecule has 1 amide bonds. The van der Waals surface area contributed by atoms with E-state index in [4.69, 9.17) is 18.9 Å². The number of carbonyl (C=O) groups is 1. The third-order valence-corrected chi connectivity index (χ3v) is 10.8. The summed E-state index contributed by atoms with van der Waals surface area (Å²) in [6.45, 7) is 11.1. The van der Waals surface area contributed by atoms with Gasteiger partial charge in [-0.1, -0.05) is 49.4 Å². The Hall–Kier alpha value is -3.65. The van der Waals surface area contributed by atoms with Gasteiger partial charge in [0.15, 0.2) is 11.5 Å². The SMILES string of the molecule is C=Cc1cc(C)cc(CC)c1[N+](C)(C)C(=O)CN1C[C@]2(C[C@]13C1=CC=C(OCCCOC)C=CC13)C1=CC=C3OCOC3=CC12. The highest BCUT2D eigenvalue weighted by Gasteiger charge is 2.76. The van der Waals surface area contributed by atoms with Crippen LogP contribution in [0.1, 0.15) is 36.5 Å². The van der Waals surface area contributed by atoms with Crippen molar-refractivity contribution < 1.29 is 23.7 Å². The van der Waals surface area contributed by atoms with Gasteiger partial charge in [-0.3, -0.25) is 4.90 Å². The van der Waals surface area contributed by atoms with Crippen LogP contribution in [0.25, 0.3) is 6.08 Å². The number of hydrogen-bond acceptors (Lipinski definition) is 6. The molecule has 6 aliphatic rings. The van der Waals surface area contributed by atoms with Crippen LogP contribution >= 0.6 is 0 Å². The fraction of sp³-hybridized carbons (Fsp3) is 0.447. The number of nitrogens with zero attached hydrogens (tertiary/aromatic N) is 2. The highest BCUT2D eigenvalue weighted by molar-refractivity contribution is 5.93. The first kappa shape index (κ1) is 30.0. The lowest BCUT2D eigenvalue weighted by Gasteiger charge is -2.33. The molecule has 0 bridgehead atoms. The predicted octanol–water partition coefficient (Wildman–Crippen LogP) is 6.13. The molecule has 2 saturated carbocycles. The van der Waals surface area contributed by atoms with Gasteiger partial charge >= 0.3 is 5.91 Å². The topological polar surface area (TPSA) is 57.2 Å². The lowest BCUT2D eigenvalue weighted by molar-refractivity contribution is -0.129. The summed E-state index contributed by atoms with van der Waals surface area (Å²) in [5.41, 5.74) is 7.03. The van der Waals surface area contributed by atoms with Crippen molar-refractivity contribution in [1.29, 1.82) is 0 Å². The second-order valence-corrected chi connectivity index (χ2v) is 13.7. The largest absolute Gasteiger partial charge is 0.494 e. The molecule has 4 aliphatic carbocycles. The molecule has 1 aromatic rings. The van der Waals surface area contributed by atoms with E-state index in [1.807, 2.05) is 20.2 Å². The van der Waals surface area contributed by atoms with E-state index in [9.17, 15) is 4.79 Å². The average Bonchev–Trinajstić information content (AvgIpc) is 3.73. The molecular weight excluding hydrogens is 564 g/mol. The first-order valence-corrected chi connectivity index (χ1v) is 16.2. The van der Waals surface area contributed by atoms with Crippen molar-refractivity contribution in [1.82, 2.24) is 9.38 Å². The van der Waals surface area contributed by atoms with Crippen LogP contribution < -0.4 is 4.48 Å². The number of ether oxygens (including phenoxy) is 4. The number of benzene rings is 1. The summed E-state index contributed by atoms with van der Waals surface area (Å²) in [5, 5.41) is 0. The zero-order valence-corrected chi connectivity index (χ0v) is 27.2. The molecule has 45 heavy (non-hydrogen) atoms. The lowest BCUT2D eigenvalue weighted by Crippen LogP contribution is -2.53. The number of aryl methyl sites for hydroxylation is 2. The van der Waals surface area contributed by atoms with Crippen LogP contribution in [-0.4, -0.2) is 70.6 Å². The van der Waals surface area contributed by atoms with Crippen LogP contribution in [0.4, 0.5) is 5.69 Å². The minimum Gasteiger partial charge on any atom is -0.494 e. The van der Waals surface area contributed by atoms with Crippen molar-refractivity contribution in [3.63, 3.8) is 0 Å². The smallest absolute Gasteiger partial charge is 0.332 e. The minimum atomic E-state index is -0.197. The Bertz CT molecular complexity index is 1640. The zero-order chi connectivity index (χ0) is 31.6. The number of rotatable bonds is 10. The fourth-order valence-electron chi connectivity index (χ4n) is 8.48. The van der Waals surface area contributed by atoms with Crippen molar-refractivity contribution in [2.75, 3.05) is 54.3 Å². The van der Waals surface area contributed by atoms with E-state index < -0.39 is 0 Å². The number of carbonyl (C=O) groups excluding carboxylic acids is 1. The molecule has 4 fully saturated rings.